The molecule has 7 nitrogen and oxygen atoms in total. The topological polar surface area (TPSA) is 85.2 Å². The van der Waals surface area contributed by atoms with E-state index in [4.69, 9.17) is 16.3 Å². The van der Waals surface area contributed by atoms with Crippen LogP contribution in [-0.2, 0) is 11.3 Å². The van der Waals surface area contributed by atoms with Crippen molar-refractivity contribution in [3.05, 3.63) is 71.0 Å². The van der Waals surface area contributed by atoms with Crippen LogP contribution in [0.25, 0.3) is 0 Å². The molecule has 2 N–H and O–H groups in total. The van der Waals surface area contributed by atoms with Gasteiger partial charge in [-0.25, -0.2) is 0 Å². The number of carbonyl (C=O) groups is 2. The minimum absolute atomic E-state index is 0.234. The van der Waals surface area contributed by atoms with Crippen molar-refractivity contribution >= 4 is 34.8 Å². The zero-order valence-corrected chi connectivity index (χ0v) is 16.2. The van der Waals surface area contributed by atoms with Gasteiger partial charge in [0.1, 0.15) is 5.75 Å². The van der Waals surface area contributed by atoms with Crippen molar-refractivity contribution in [1.82, 2.24) is 9.78 Å². The summed E-state index contributed by atoms with van der Waals surface area (Å²) in [4.78, 5) is 23.9. The number of nitrogens with one attached hydrogen (secondary N) is 2. The van der Waals surface area contributed by atoms with E-state index in [1.54, 1.807) is 29.1 Å². The van der Waals surface area contributed by atoms with E-state index >= 15 is 0 Å². The summed E-state index contributed by atoms with van der Waals surface area (Å²) in [6, 6.07) is 12.5. The summed E-state index contributed by atoms with van der Waals surface area (Å²) >= 11 is 6.17. The lowest BCUT2D eigenvalue weighted by Crippen LogP contribution is -2.12. The van der Waals surface area contributed by atoms with Crippen LogP contribution in [0.2, 0.25) is 5.02 Å². The third kappa shape index (κ3) is 4.69. The van der Waals surface area contributed by atoms with Crippen LogP contribution in [0.15, 0.2) is 54.9 Å². The largest absolute Gasteiger partial charge is 0.495 e. The number of ether oxygens (including phenoxy) is 1. The molecule has 3 rings (SSSR count). The van der Waals surface area contributed by atoms with Gasteiger partial charge in [-0.1, -0.05) is 29.8 Å². The minimum Gasteiger partial charge on any atom is -0.495 e. The molecule has 144 valence electrons. The Labute approximate surface area is 167 Å². The van der Waals surface area contributed by atoms with Gasteiger partial charge in [0.05, 0.1) is 31.1 Å². The molecule has 0 saturated heterocycles. The van der Waals surface area contributed by atoms with Crippen LogP contribution >= 0.6 is 11.6 Å². The molecule has 0 aliphatic rings. The Kier molecular flexibility index (Phi) is 5.96. The number of rotatable bonds is 6. The van der Waals surface area contributed by atoms with Gasteiger partial charge in [0.25, 0.3) is 5.91 Å². The van der Waals surface area contributed by atoms with E-state index in [1.165, 1.54) is 20.2 Å². The summed E-state index contributed by atoms with van der Waals surface area (Å²) in [5.74, 6) is -0.0484. The number of aromatic nitrogens is 2. The second kappa shape index (κ2) is 8.58. The predicted octanol–water partition coefficient (Wildman–Crippen LogP) is 3.80. The Hall–Kier alpha value is -3.32. The second-order valence-electron chi connectivity index (χ2n) is 6.07. The highest BCUT2D eigenvalue weighted by Crippen LogP contribution is 2.28. The lowest BCUT2D eigenvalue weighted by molar-refractivity contribution is -0.114. The molecule has 0 unspecified atom stereocenters. The number of methoxy groups -OCH3 is 1. The van der Waals surface area contributed by atoms with Gasteiger partial charge in [0, 0.05) is 23.8 Å². The van der Waals surface area contributed by atoms with Crippen LogP contribution in [0, 0.1) is 0 Å². The molecule has 1 heterocycles. The molecule has 1 aromatic heterocycles. The maximum absolute atomic E-state index is 12.5. The first-order valence-corrected chi connectivity index (χ1v) is 8.87. The highest BCUT2D eigenvalue weighted by Gasteiger charge is 2.12. The fourth-order valence-corrected chi connectivity index (χ4v) is 2.84. The SMILES string of the molecule is COc1ccc(NC(=O)c2cnn(Cc3ccccc3Cl)c2)cc1NC(C)=O. The summed E-state index contributed by atoms with van der Waals surface area (Å²) in [6.07, 6.45) is 3.14. The molecule has 0 radical (unpaired) electrons. The molecule has 3 aromatic rings. The van der Waals surface area contributed by atoms with Crippen molar-refractivity contribution < 1.29 is 14.3 Å². The third-order valence-electron chi connectivity index (χ3n) is 3.95. The first kappa shape index (κ1) is 19.4. The van der Waals surface area contributed by atoms with E-state index in [0.29, 0.717) is 34.3 Å². The maximum Gasteiger partial charge on any atom is 0.258 e. The van der Waals surface area contributed by atoms with E-state index in [9.17, 15) is 9.59 Å². The smallest absolute Gasteiger partial charge is 0.258 e. The van der Waals surface area contributed by atoms with Gasteiger partial charge in [0.2, 0.25) is 5.91 Å². The highest BCUT2D eigenvalue weighted by atomic mass is 35.5. The van der Waals surface area contributed by atoms with Gasteiger partial charge in [-0.15, -0.1) is 0 Å². The standard InChI is InChI=1S/C20H19ClN4O3/c1-13(26)23-18-9-16(7-8-19(18)28-2)24-20(27)15-10-22-25(12-15)11-14-5-3-4-6-17(14)21/h3-10,12H,11H2,1-2H3,(H,23,26)(H,24,27). The molecule has 0 spiro atoms. The highest BCUT2D eigenvalue weighted by molar-refractivity contribution is 6.31. The molecule has 0 aliphatic heterocycles. The lowest BCUT2D eigenvalue weighted by atomic mass is 10.2. The molecule has 8 heteroatoms. The average molecular weight is 399 g/mol. The van der Waals surface area contributed by atoms with Crippen molar-refractivity contribution in [2.45, 2.75) is 13.5 Å². The molecule has 2 amide bonds. The van der Waals surface area contributed by atoms with Crippen molar-refractivity contribution in [2.24, 2.45) is 0 Å². The average Bonchev–Trinajstić information content (AvgIpc) is 3.12. The number of carbonyl (C=O) groups excluding carboxylic acids is 2. The molecule has 28 heavy (non-hydrogen) atoms. The maximum atomic E-state index is 12.5. The van der Waals surface area contributed by atoms with Crippen molar-refractivity contribution in [3.63, 3.8) is 0 Å². The molecule has 0 saturated carbocycles. The fourth-order valence-electron chi connectivity index (χ4n) is 2.64. The van der Waals surface area contributed by atoms with E-state index in [2.05, 4.69) is 15.7 Å². The molecule has 0 atom stereocenters. The first-order valence-electron chi connectivity index (χ1n) is 8.49. The normalized spacial score (nSPS) is 10.4. The van der Waals surface area contributed by atoms with Crippen LogP contribution in [-0.4, -0.2) is 28.7 Å². The summed E-state index contributed by atoms with van der Waals surface area (Å²) in [7, 11) is 1.51. The molecule has 2 aromatic carbocycles. The summed E-state index contributed by atoms with van der Waals surface area (Å²) in [5.41, 5.74) is 2.31. The Morgan fingerprint density at radius 2 is 1.96 bits per heavy atom. The van der Waals surface area contributed by atoms with Gasteiger partial charge in [0.15, 0.2) is 0 Å². The van der Waals surface area contributed by atoms with Crippen LogP contribution in [0.1, 0.15) is 22.8 Å². The number of benzene rings is 2. The lowest BCUT2D eigenvalue weighted by Gasteiger charge is -2.11. The quantitative estimate of drug-likeness (QED) is 0.661. The van der Waals surface area contributed by atoms with Gasteiger partial charge in [-0.2, -0.15) is 5.10 Å². The van der Waals surface area contributed by atoms with Crippen LogP contribution in [0.4, 0.5) is 11.4 Å². The van der Waals surface area contributed by atoms with Gasteiger partial charge in [-0.3, -0.25) is 14.3 Å². The number of hydrogen-bond donors (Lipinski definition) is 2. The molecular formula is C20H19ClN4O3. The molecule has 0 aliphatic carbocycles. The van der Waals surface area contributed by atoms with Crippen molar-refractivity contribution in [3.8, 4) is 5.75 Å². The van der Waals surface area contributed by atoms with E-state index < -0.39 is 0 Å². The fraction of sp³-hybridized carbons (Fsp3) is 0.150. The molecule has 0 fully saturated rings. The number of amides is 2. The number of hydrogen-bond acceptors (Lipinski definition) is 4. The zero-order valence-electron chi connectivity index (χ0n) is 15.4. The van der Waals surface area contributed by atoms with Gasteiger partial charge >= 0.3 is 0 Å². The van der Waals surface area contributed by atoms with Crippen LogP contribution in [0.5, 0.6) is 5.75 Å². The summed E-state index contributed by atoms with van der Waals surface area (Å²) in [5, 5.41) is 10.3. The minimum atomic E-state index is -0.315. The predicted molar refractivity (Wildman–Crippen MR) is 108 cm³/mol. The number of anilines is 2. The van der Waals surface area contributed by atoms with Gasteiger partial charge < -0.3 is 15.4 Å². The Morgan fingerprint density at radius 1 is 1.18 bits per heavy atom. The summed E-state index contributed by atoms with van der Waals surface area (Å²) in [6.45, 7) is 1.86. The first-order chi connectivity index (χ1) is 13.5. The van der Waals surface area contributed by atoms with Crippen molar-refractivity contribution in [2.75, 3.05) is 17.7 Å². The Balaban J connectivity index is 1.72. The van der Waals surface area contributed by atoms with Crippen LogP contribution in [0.3, 0.4) is 0 Å². The summed E-state index contributed by atoms with van der Waals surface area (Å²) < 4.78 is 6.85. The van der Waals surface area contributed by atoms with Crippen LogP contribution < -0.4 is 15.4 Å². The van der Waals surface area contributed by atoms with E-state index in [0.717, 1.165) is 5.56 Å². The van der Waals surface area contributed by atoms with Gasteiger partial charge in [-0.05, 0) is 29.8 Å². The third-order valence-corrected chi connectivity index (χ3v) is 4.32. The Bertz CT molecular complexity index is 1020. The molecular weight excluding hydrogens is 380 g/mol. The van der Waals surface area contributed by atoms with E-state index in [1.807, 2.05) is 24.3 Å². The van der Waals surface area contributed by atoms with E-state index in [-0.39, 0.29) is 11.8 Å². The van der Waals surface area contributed by atoms with Crippen molar-refractivity contribution in [1.29, 1.82) is 0 Å². The second-order valence-corrected chi connectivity index (χ2v) is 6.48. The Morgan fingerprint density at radius 3 is 2.68 bits per heavy atom. The monoisotopic (exact) mass is 398 g/mol. The molecule has 0 bridgehead atoms. The number of nitrogens with zero attached hydrogens (tertiary/aromatic N) is 2. The zero-order chi connectivity index (χ0) is 20.1. The number of halogens is 1.